The molecular formula is C16H25N3O2. The van der Waals surface area contributed by atoms with Crippen molar-refractivity contribution in [2.45, 2.75) is 53.1 Å². The molecule has 0 amide bonds. The summed E-state index contributed by atoms with van der Waals surface area (Å²) in [5, 5.41) is 11.8. The number of pyridine rings is 1. The monoisotopic (exact) mass is 291 g/mol. The van der Waals surface area contributed by atoms with Crippen LogP contribution in [0.3, 0.4) is 0 Å². The van der Waals surface area contributed by atoms with Crippen LogP contribution >= 0.6 is 0 Å². The lowest BCUT2D eigenvalue weighted by Gasteiger charge is -2.38. The average molecular weight is 291 g/mol. The van der Waals surface area contributed by atoms with Gasteiger partial charge in [0, 0.05) is 17.3 Å². The van der Waals surface area contributed by atoms with Gasteiger partial charge in [-0.3, -0.25) is 0 Å². The highest BCUT2D eigenvalue weighted by Gasteiger charge is 2.33. The third kappa shape index (κ3) is 4.09. The van der Waals surface area contributed by atoms with Crippen LogP contribution in [0.1, 0.15) is 51.3 Å². The Bertz CT molecular complexity index is 540. The molecule has 5 heteroatoms. The molecule has 2 atom stereocenters. The summed E-state index contributed by atoms with van der Waals surface area (Å²) in [5.74, 6) is 1.27. The van der Waals surface area contributed by atoms with Gasteiger partial charge in [-0.1, -0.05) is 25.9 Å². The van der Waals surface area contributed by atoms with E-state index in [0.29, 0.717) is 22.8 Å². The van der Waals surface area contributed by atoms with Crippen LogP contribution in [0.15, 0.2) is 17.3 Å². The third-order valence-electron chi connectivity index (χ3n) is 3.97. The number of hydrogen-bond acceptors (Lipinski definition) is 4. The lowest BCUT2D eigenvalue weighted by atomic mass is 9.71. The minimum absolute atomic E-state index is 0.0719. The van der Waals surface area contributed by atoms with E-state index in [2.05, 4.69) is 30.9 Å². The van der Waals surface area contributed by atoms with Gasteiger partial charge in [-0.2, -0.15) is 0 Å². The molecule has 116 valence electrons. The molecule has 1 aromatic rings. The Morgan fingerprint density at radius 1 is 1.43 bits per heavy atom. The lowest BCUT2D eigenvalue weighted by Crippen LogP contribution is -2.34. The molecule has 1 aliphatic rings. The molecule has 0 radical (unpaired) electrons. The van der Waals surface area contributed by atoms with Gasteiger partial charge < -0.3 is 15.7 Å². The minimum Gasteiger partial charge on any atom is -0.474 e. The van der Waals surface area contributed by atoms with Crippen molar-refractivity contribution < 1.29 is 9.94 Å². The first-order valence-corrected chi connectivity index (χ1v) is 7.42. The molecule has 0 aromatic carbocycles. The zero-order chi connectivity index (χ0) is 15.6. The summed E-state index contributed by atoms with van der Waals surface area (Å²) in [6, 6.07) is 3.50. The summed E-state index contributed by atoms with van der Waals surface area (Å²) >= 11 is 0. The molecule has 0 saturated heterocycles. The smallest absolute Gasteiger partial charge is 0.214 e. The van der Waals surface area contributed by atoms with Crippen molar-refractivity contribution in [3.63, 3.8) is 0 Å². The number of aromatic nitrogens is 1. The fourth-order valence-electron chi connectivity index (χ4n) is 3.42. The van der Waals surface area contributed by atoms with Crippen LogP contribution in [0.4, 0.5) is 0 Å². The molecule has 1 aliphatic carbocycles. The summed E-state index contributed by atoms with van der Waals surface area (Å²) in [4.78, 5) is 4.40. The van der Waals surface area contributed by atoms with Crippen LogP contribution in [0.5, 0.6) is 5.88 Å². The molecule has 0 aliphatic heterocycles. The maximum Gasteiger partial charge on any atom is 0.214 e. The van der Waals surface area contributed by atoms with Gasteiger partial charge in [0.2, 0.25) is 5.88 Å². The number of nitrogens with two attached hydrogens (primary N) is 1. The van der Waals surface area contributed by atoms with E-state index in [0.717, 1.165) is 18.5 Å². The van der Waals surface area contributed by atoms with Gasteiger partial charge in [0.1, 0.15) is 6.10 Å². The van der Waals surface area contributed by atoms with E-state index >= 15 is 0 Å². The van der Waals surface area contributed by atoms with E-state index in [1.807, 2.05) is 6.92 Å². The molecule has 5 nitrogen and oxygen atoms in total. The molecule has 1 saturated carbocycles. The van der Waals surface area contributed by atoms with Gasteiger partial charge in [0.15, 0.2) is 5.84 Å². The minimum atomic E-state index is 0.0719. The number of oxime groups is 1. The standard InChI is InChI=1S/C16H25N3O2/c1-10-5-13(9-16(3,4)8-10)21-14-7-12(15(17)19-20)6-11(2)18-14/h6-7,10,13,20H,5,8-9H2,1-4H3,(H2,17,19). The second-order valence-corrected chi connectivity index (χ2v) is 6.97. The first kappa shape index (κ1) is 15.6. The molecule has 0 spiro atoms. The second kappa shape index (κ2) is 5.92. The zero-order valence-electron chi connectivity index (χ0n) is 13.3. The fraction of sp³-hybridized carbons (Fsp3) is 0.625. The van der Waals surface area contributed by atoms with Crippen LogP contribution in [0.2, 0.25) is 0 Å². The number of nitrogens with zero attached hydrogens (tertiary/aromatic N) is 2. The van der Waals surface area contributed by atoms with Crippen molar-refractivity contribution in [2.75, 3.05) is 0 Å². The second-order valence-electron chi connectivity index (χ2n) is 6.97. The Hall–Kier alpha value is -1.78. The van der Waals surface area contributed by atoms with Gasteiger partial charge in [0.05, 0.1) is 0 Å². The van der Waals surface area contributed by atoms with Gasteiger partial charge >= 0.3 is 0 Å². The van der Waals surface area contributed by atoms with Gasteiger partial charge in [0.25, 0.3) is 0 Å². The number of rotatable bonds is 3. The van der Waals surface area contributed by atoms with E-state index < -0.39 is 0 Å². The third-order valence-corrected chi connectivity index (χ3v) is 3.97. The molecule has 0 bridgehead atoms. The molecule has 2 rings (SSSR count). The van der Waals surface area contributed by atoms with E-state index in [4.69, 9.17) is 15.7 Å². The number of aryl methyl sites for hydroxylation is 1. The maximum absolute atomic E-state index is 8.80. The maximum atomic E-state index is 8.80. The van der Waals surface area contributed by atoms with E-state index in [-0.39, 0.29) is 11.9 Å². The Kier molecular flexibility index (Phi) is 4.40. The number of amidine groups is 1. The molecule has 3 N–H and O–H groups in total. The Morgan fingerprint density at radius 2 is 2.14 bits per heavy atom. The molecule has 21 heavy (non-hydrogen) atoms. The number of ether oxygens (including phenoxy) is 1. The lowest BCUT2D eigenvalue weighted by molar-refractivity contribution is 0.0532. The Labute approximate surface area is 126 Å². The average Bonchev–Trinajstić information content (AvgIpc) is 2.34. The summed E-state index contributed by atoms with van der Waals surface area (Å²) in [7, 11) is 0. The van der Waals surface area contributed by atoms with Crippen molar-refractivity contribution in [1.29, 1.82) is 0 Å². The highest BCUT2D eigenvalue weighted by molar-refractivity contribution is 5.97. The van der Waals surface area contributed by atoms with Crippen LogP contribution in [0.25, 0.3) is 0 Å². The normalized spacial score (nSPS) is 25.6. The Morgan fingerprint density at radius 3 is 2.76 bits per heavy atom. The first-order valence-electron chi connectivity index (χ1n) is 7.42. The molecule has 1 aromatic heterocycles. The molecule has 1 fully saturated rings. The van der Waals surface area contributed by atoms with Crippen molar-refractivity contribution in [1.82, 2.24) is 4.98 Å². The topological polar surface area (TPSA) is 80.7 Å². The summed E-state index contributed by atoms with van der Waals surface area (Å²) in [6.45, 7) is 8.70. The van der Waals surface area contributed by atoms with E-state index in [1.165, 1.54) is 6.42 Å². The van der Waals surface area contributed by atoms with Crippen LogP contribution < -0.4 is 10.5 Å². The summed E-state index contributed by atoms with van der Waals surface area (Å²) in [6.07, 6.45) is 3.45. The Balaban J connectivity index is 2.17. The SMILES string of the molecule is Cc1cc(/C(N)=N/O)cc(OC2CC(C)CC(C)(C)C2)n1. The first-order chi connectivity index (χ1) is 9.79. The quantitative estimate of drug-likeness (QED) is 0.388. The van der Waals surface area contributed by atoms with Gasteiger partial charge in [-0.25, -0.2) is 4.98 Å². The summed E-state index contributed by atoms with van der Waals surface area (Å²) in [5.41, 5.74) is 7.36. The molecular weight excluding hydrogens is 266 g/mol. The van der Waals surface area contributed by atoms with Crippen molar-refractivity contribution in [3.05, 3.63) is 23.4 Å². The van der Waals surface area contributed by atoms with E-state index in [1.54, 1.807) is 12.1 Å². The molecule has 2 unspecified atom stereocenters. The molecule has 1 heterocycles. The number of hydrogen-bond donors (Lipinski definition) is 2. The predicted octanol–water partition coefficient (Wildman–Crippen LogP) is 3.08. The highest BCUT2D eigenvalue weighted by atomic mass is 16.5. The fourth-order valence-corrected chi connectivity index (χ4v) is 3.42. The largest absolute Gasteiger partial charge is 0.474 e. The predicted molar refractivity (Wildman–Crippen MR) is 82.7 cm³/mol. The van der Waals surface area contributed by atoms with E-state index in [9.17, 15) is 0 Å². The van der Waals surface area contributed by atoms with Crippen LogP contribution in [-0.2, 0) is 0 Å². The van der Waals surface area contributed by atoms with Crippen LogP contribution in [-0.4, -0.2) is 22.1 Å². The van der Waals surface area contributed by atoms with Crippen molar-refractivity contribution in [3.8, 4) is 5.88 Å². The van der Waals surface area contributed by atoms with Crippen molar-refractivity contribution in [2.24, 2.45) is 22.2 Å². The highest BCUT2D eigenvalue weighted by Crippen LogP contribution is 2.39. The summed E-state index contributed by atoms with van der Waals surface area (Å²) < 4.78 is 6.07. The zero-order valence-corrected chi connectivity index (χ0v) is 13.3. The van der Waals surface area contributed by atoms with Crippen LogP contribution in [0, 0.1) is 18.3 Å². The van der Waals surface area contributed by atoms with Crippen molar-refractivity contribution >= 4 is 5.84 Å². The van der Waals surface area contributed by atoms with Gasteiger partial charge in [-0.15, -0.1) is 0 Å². The van der Waals surface area contributed by atoms with Gasteiger partial charge in [-0.05, 0) is 43.6 Å².